The minimum Gasteiger partial charge on any atom is -0.484 e. The lowest BCUT2D eigenvalue weighted by molar-refractivity contribution is 0.291. The molecule has 0 radical (unpaired) electrons. The molecule has 0 saturated heterocycles. The largest absolute Gasteiger partial charge is 0.484 e. The van der Waals surface area contributed by atoms with Gasteiger partial charge in [0.25, 0.3) is 0 Å². The minimum atomic E-state index is 0.419. The molecular formula is C13H15Br2N3O. The van der Waals surface area contributed by atoms with Gasteiger partial charge in [0.1, 0.15) is 6.61 Å². The van der Waals surface area contributed by atoms with Crippen LogP contribution in [0.4, 0.5) is 5.69 Å². The zero-order valence-corrected chi connectivity index (χ0v) is 14.0. The zero-order valence-electron chi connectivity index (χ0n) is 10.8. The smallest absolute Gasteiger partial charge is 0.156 e. The normalized spacial score (nSPS) is 10.7. The van der Waals surface area contributed by atoms with Gasteiger partial charge >= 0.3 is 0 Å². The molecule has 0 bridgehead atoms. The third-order valence-electron chi connectivity index (χ3n) is 2.80. The molecule has 1 heterocycles. The van der Waals surface area contributed by atoms with Crippen molar-refractivity contribution in [1.82, 2.24) is 9.78 Å². The maximum atomic E-state index is 5.91. The number of aryl methyl sites for hydroxylation is 2. The Balaban J connectivity index is 2.24. The highest BCUT2D eigenvalue weighted by Crippen LogP contribution is 2.32. The third-order valence-corrected chi connectivity index (χ3v) is 4.46. The van der Waals surface area contributed by atoms with Gasteiger partial charge < -0.3 is 10.5 Å². The molecule has 4 nitrogen and oxygen atoms in total. The molecule has 0 saturated carbocycles. The fraction of sp³-hybridized carbons (Fsp3) is 0.308. The highest BCUT2D eigenvalue weighted by atomic mass is 79.9. The summed E-state index contributed by atoms with van der Waals surface area (Å²) in [6, 6.07) is 5.60. The molecule has 102 valence electrons. The van der Waals surface area contributed by atoms with E-state index in [9.17, 15) is 0 Å². The lowest BCUT2D eigenvalue weighted by Gasteiger charge is -2.11. The number of para-hydroxylation sites is 1. The Morgan fingerprint density at radius 3 is 2.74 bits per heavy atom. The highest BCUT2D eigenvalue weighted by Gasteiger charge is 2.14. The van der Waals surface area contributed by atoms with Crippen LogP contribution in [0.15, 0.2) is 27.1 Å². The second-order valence-electron chi connectivity index (χ2n) is 4.11. The van der Waals surface area contributed by atoms with E-state index < -0.39 is 0 Å². The molecule has 2 rings (SSSR count). The topological polar surface area (TPSA) is 53.1 Å². The Hall–Kier alpha value is -1.01. The predicted octanol–water partition coefficient (Wildman–Crippen LogP) is 3.90. The van der Waals surface area contributed by atoms with Crippen LogP contribution in [0.1, 0.15) is 18.3 Å². The number of hydrogen-bond acceptors (Lipinski definition) is 3. The fourth-order valence-electron chi connectivity index (χ4n) is 1.83. The van der Waals surface area contributed by atoms with Crippen molar-refractivity contribution in [3.05, 3.63) is 38.5 Å². The van der Waals surface area contributed by atoms with E-state index in [0.717, 1.165) is 26.9 Å². The highest BCUT2D eigenvalue weighted by molar-refractivity contribution is 9.10. The Morgan fingerprint density at radius 2 is 2.11 bits per heavy atom. The summed E-state index contributed by atoms with van der Waals surface area (Å²) in [6.07, 6.45) is 0. The Labute approximate surface area is 129 Å². The molecule has 2 aromatic rings. The monoisotopic (exact) mass is 387 g/mol. The molecular weight excluding hydrogens is 374 g/mol. The van der Waals surface area contributed by atoms with Gasteiger partial charge in [-0.05, 0) is 57.8 Å². The molecule has 0 aliphatic rings. The molecule has 19 heavy (non-hydrogen) atoms. The van der Waals surface area contributed by atoms with Crippen molar-refractivity contribution in [2.24, 2.45) is 0 Å². The van der Waals surface area contributed by atoms with E-state index in [-0.39, 0.29) is 0 Å². The maximum absolute atomic E-state index is 5.91. The van der Waals surface area contributed by atoms with Gasteiger partial charge in [0.05, 0.1) is 26.0 Å². The number of nitrogens with zero attached hydrogens (tertiary/aromatic N) is 2. The average molecular weight is 389 g/mol. The Bertz CT molecular complexity index is 576. The molecule has 1 aromatic heterocycles. The van der Waals surface area contributed by atoms with E-state index >= 15 is 0 Å². The minimum absolute atomic E-state index is 0.419. The molecule has 0 atom stereocenters. The number of anilines is 1. The lowest BCUT2D eigenvalue weighted by atomic mass is 10.3. The second-order valence-corrected chi connectivity index (χ2v) is 5.76. The molecule has 2 N–H and O–H groups in total. The van der Waals surface area contributed by atoms with Crippen LogP contribution in [0.25, 0.3) is 0 Å². The summed E-state index contributed by atoms with van der Waals surface area (Å²) in [5.41, 5.74) is 8.49. The number of ether oxygens (including phenoxy) is 1. The fourth-order valence-corrected chi connectivity index (χ4v) is 2.72. The van der Waals surface area contributed by atoms with Crippen molar-refractivity contribution in [2.75, 3.05) is 5.73 Å². The number of rotatable bonds is 4. The summed E-state index contributed by atoms with van der Waals surface area (Å²) in [5, 5.41) is 4.43. The number of nitrogen functional groups attached to an aromatic ring is 1. The first-order valence-electron chi connectivity index (χ1n) is 5.93. The van der Waals surface area contributed by atoms with Gasteiger partial charge in [-0.3, -0.25) is 4.68 Å². The van der Waals surface area contributed by atoms with E-state index in [1.807, 2.05) is 29.8 Å². The van der Waals surface area contributed by atoms with Crippen molar-refractivity contribution in [3.8, 4) is 5.75 Å². The summed E-state index contributed by atoms with van der Waals surface area (Å²) in [6.45, 7) is 5.24. The number of halogens is 2. The number of aromatic nitrogens is 2. The Kier molecular flexibility index (Phi) is 4.52. The summed E-state index contributed by atoms with van der Waals surface area (Å²) >= 11 is 6.99. The van der Waals surface area contributed by atoms with Crippen molar-refractivity contribution < 1.29 is 4.74 Å². The first kappa shape index (κ1) is 14.4. The van der Waals surface area contributed by atoms with Crippen LogP contribution in [-0.4, -0.2) is 9.78 Å². The van der Waals surface area contributed by atoms with Gasteiger partial charge in [0.2, 0.25) is 0 Å². The number of nitrogens with two attached hydrogens (primary N) is 1. The van der Waals surface area contributed by atoms with Crippen molar-refractivity contribution in [3.63, 3.8) is 0 Å². The quantitative estimate of drug-likeness (QED) is 0.808. The van der Waals surface area contributed by atoms with Crippen LogP contribution in [0, 0.1) is 6.92 Å². The van der Waals surface area contributed by atoms with E-state index in [1.54, 1.807) is 0 Å². The molecule has 0 aliphatic heterocycles. The summed E-state index contributed by atoms with van der Waals surface area (Å²) in [5.74, 6) is 0.663. The maximum Gasteiger partial charge on any atom is 0.156 e. The van der Waals surface area contributed by atoms with Gasteiger partial charge in [0, 0.05) is 6.54 Å². The van der Waals surface area contributed by atoms with Crippen LogP contribution >= 0.6 is 31.9 Å². The third kappa shape index (κ3) is 2.95. The summed E-state index contributed by atoms with van der Waals surface area (Å²) < 4.78 is 9.59. The molecule has 6 heteroatoms. The SMILES string of the molecule is CCn1nc(C)c(Br)c1COc1c(N)cccc1Br. The van der Waals surface area contributed by atoms with Crippen LogP contribution in [0.3, 0.4) is 0 Å². The molecule has 1 aromatic carbocycles. The number of hydrogen-bond donors (Lipinski definition) is 1. The molecule has 0 spiro atoms. The first-order chi connectivity index (χ1) is 9.04. The Morgan fingerprint density at radius 1 is 1.37 bits per heavy atom. The molecule has 0 aliphatic carbocycles. The summed E-state index contributed by atoms with van der Waals surface area (Å²) in [4.78, 5) is 0. The average Bonchev–Trinajstić information content (AvgIpc) is 2.65. The van der Waals surface area contributed by atoms with Gasteiger partial charge in [-0.2, -0.15) is 5.10 Å². The van der Waals surface area contributed by atoms with Gasteiger partial charge in [-0.1, -0.05) is 6.07 Å². The number of benzene rings is 1. The van der Waals surface area contributed by atoms with Crippen molar-refractivity contribution in [1.29, 1.82) is 0 Å². The standard InChI is InChI=1S/C13H15Br2N3O/c1-3-18-11(12(15)8(2)17-18)7-19-13-9(14)5-4-6-10(13)16/h4-6H,3,7,16H2,1-2H3. The van der Waals surface area contributed by atoms with E-state index in [2.05, 4.69) is 43.9 Å². The summed E-state index contributed by atoms with van der Waals surface area (Å²) in [7, 11) is 0. The molecule has 0 unspecified atom stereocenters. The van der Waals surface area contributed by atoms with Gasteiger partial charge in [-0.25, -0.2) is 0 Å². The van der Waals surface area contributed by atoms with Gasteiger partial charge in [-0.15, -0.1) is 0 Å². The predicted molar refractivity (Wildman–Crippen MR) is 83.2 cm³/mol. The molecule has 0 amide bonds. The second kappa shape index (κ2) is 5.96. The molecule has 0 fully saturated rings. The van der Waals surface area contributed by atoms with Crippen LogP contribution in [-0.2, 0) is 13.2 Å². The van der Waals surface area contributed by atoms with E-state index in [4.69, 9.17) is 10.5 Å². The van der Waals surface area contributed by atoms with Crippen LogP contribution in [0.2, 0.25) is 0 Å². The van der Waals surface area contributed by atoms with Crippen LogP contribution in [0.5, 0.6) is 5.75 Å². The lowest BCUT2D eigenvalue weighted by Crippen LogP contribution is -2.07. The van der Waals surface area contributed by atoms with Crippen LogP contribution < -0.4 is 10.5 Å². The first-order valence-corrected chi connectivity index (χ1v) is 7.51. The van der Waals surface area contributed by atoms with Crippen molar-refractivity contribution >= 4 is 37.5 Å². The zero-order chi connectivity index (χ0) is 14.0. The van der Waals surface area contributed by atoms with E-state index in [0.29, 0.717) is 18.0 Å². The van der Waals surface area contributed by atoms with E-state index in [1.165, 1.54) is 0 Å². The van der Waals surface area contributed by atoms with Gasteiger partial charge in [0.15, 0.2) is 5.75 Å². The van der Waals surface area contributed by atoms with Crippen molar-refractivity contribution in [2.45, 2.75) is 27.0 Å².